The number of hydrogen-bond donors (Lipinski definition) is 1. The fourth-order valence-corrected chi connectivity index (χ4v) is 1.95. The fourth-order valence-electron chi connectivity index (χ4n) is 1.95. The molecule has 4 heteroatoms. The molecule has 0 aliphatic heterocycles. The molecule has 0 fully saturated rings. The van der Waals surface area contributed by atoms with Gasteiger partial charge in [-0.2, -0.15) is 0 Å². The van der Waals surface area contributed by atoms with Crippen LogP contribution in [-0.2, 0) is 0 Å². The first-order valence-electron chi connectivity index (χ1n) is 7.85. The van der Waals surface area contributed by atoms with Crippen LogP contribution < -0.4 is 5.32 Å². The number of hydrogen-bond acceptors (Lipinski definition) is 2. The molecule has 0 spiro atoms. The zero-order chi connectivity index (χ0) is 17.6. The lowest BCUT2D eigenvalue weighted by atomic mass is 9.92. The summed E-state index contributed by atoms with van der Waals surface area (Å²) in [4.78, 5) is 16.1. The lowest BCUT2D eigenvalue weighted by Crippen LogP contribution is -2.27. The number of carbonyl (C=O) groups excluding carboxylic acids is 1. The van der Waals surface area contributed by atoms with Crippen LogP contribution in [0, 0.1) is 23.1 Å². The van der Waals surface area contributed by atoms with Crippen LogP contribution in [0.4, 0.5) is 4.39 Å². The van der Waals surface area contributed by atoms with Gasteiger partial charge in [-0.15, -0.1) is 0 Å². The fraction of sp³-hybridized carbons (Fsp3) is 0.300. The number of aromatic nitrogens is 1. The zero-order valence-electron chi connectivity index (χ0n) is 14.2. The summed E-state index contributed by atoms with van der Waals surface area (Å²) < 4.78 is 13.1. The van der Waals surface area contributed by atoms with Crippen LogP contribution in [0.5, 0.6) is 0 Å². The maximum Gasteiger partial charge on any atom is 0.269 e. The van der Waals surface area contributed by atoms with Crippen LogP contribution in [0.25, 0.3) is 0 Å². The Bertz CT molecular complexity index is 765. The van der Waals surface area contributed by atoms with Gasteiger partial charge in [0.25, 0.3) is 5.91 Å². The zero-order valence-corrected chi connectivity index (χ0v) is 14.2. The predicted molar refractivity (Wildman–Crippen MR) is 93.0 cm³/mol. The minimum Gasteiger partial charge on any atom is -0.351 e. The van der Waals surface area contributed by atoms with E-state index in [2.05, 4.69) is 42.9 Å². The highest BCUT2D eigenvalue weighted by atomic mass is 19.1. The standard InChI is InChI=1S/C20H21FN2O/c1-20(2,3)11-12-22-19(24)18-10-9-16(14-23-18)8-7-15-5-4-6-17(21)13-15/h4-6,9-10,13-14H,11-12H2,1-3H3,(H,22,24). The van der Waals surface area contributed by atoms with Gasteiger partial charge in [0.15, 0.2) is 0 Å². The van der Waals surface area contributed by atoms with E-state index >= 15 is 0 Å². The quantitative estimate of drug-likeness (QED) is 0.873. The number of rotatable bonds is 3. The average molecular weight is 324 g/mol. The summed E-state index contributed by atoms with van der Waals surface area (Å²) in [5, 5.41) is 2.86. The van der Waals surface area contributed by atoms with E-state index in [-0.39, 0.29) is 17.1 Å². The molecule has 24 heavy (non-hydrogen) atoms. The first kappa shape index (κ1) is 17.7. The van der Waals surface area contributed by atoms with E-state index in [1.807, 2.05) is 0 Å². The largest absolute Gasteiger partial charge is 0.351 e. The van der Waals surface area contributed by atoms with E-state index in [9.17, 15) is 9.18 Å². The highest BCUT2D eigenvalue weighted by Crippen LogP contribution is 2.17. The molecule has 0 saturated carbocycles. The van der Waals surface area contributed by atoms with Crippen LogP contribution in [0.1, 0.15) is 48.8 Å². The highest BCUT2D eigenvalue weighted by molar-refractivity contribution is 5.92. The summed E-state index contributed by atoms with van der Waals surface area (Å²) in [5.74, 6) is 5.27. The maximum atomic E-state index is 13.1. The number of carbonyl (C=O) groups is 1. The normalized spacial score (nSPS) is 10.7. The Hall–Kier alpha value is -2.67. The van der Waals surface area contributed by atoms with Gasteiger partial charge < -0.3 is 5.32 Å². The topological polar surface area (TPSA) is 42.0 Å². The summed E-state index contributed by atoms with van der Waals surface area (Å²) >= 11 is 0. The van der Waals surface area contributed by atoms with Gasteiger partial charge in [0.1, 0.15) is 11.5 Å². The third-order valence-corrected chi connectivity index (χ3v) is 3.33. The summed E-state index contributed by atoms with van der Waals surface area (Å²) in [7, 11) is 0. The molecule has 0 bridgehead atoms. The van der Waals surface area contributed by atoms with Gasteiger partial charge in [0.2, 0.25) is 0 Å². The summed E-state index contributed by atoms with van der Waals surface area (Å²) in [6.45, 7) is 7.00. The Kier molecular flexibility index (Phi) is 5.70. The van der Waals surface area contributed by atoms with Crippen molar-refractivity contribution in [1.82, 2.24) is 10.3 Å². The number of amides is 1. The smallest absolute Gasteiger partial charge is 0.269 e. The predicted octanol–water partition coefficient (Wildman–Crippen LogP) is 3.79. The van der Waals surface area contributed by atoms with Crippen molar-refractivity contribution in [3.8, 4) is 11.8 Å². The van der Waals surface area contributed by atoms with Gasteiger partial charge in [-0.1, -0.05) is 38.7 Å². The molecule has 2 aromatic rings. The molecule has 1 N–H and O–H groups in total. The lowest BCUT2D eigenvalue weighted by molar-refractivity contribution is 0.0944. The van der Waals surface area contributed by atoms with E-state index < -0.39 is 0 Å². The van der Waals surface area contributed by atoms with E-state index in [4.69, 9.17) is 0 Å². The Morgan fingerprint density at radius 3 is 2.54 bits per heavy atom. The highest BCUT2D eigenvalue weighted by Gasteiger charge is 2.11. The lowest BCUT2D eigenvalue weighted by Gasteiger charge is -2.17. The monoisotopic (exact) mass is 324 g/mol. The third-order valence-electron chi connectivity index (χ3n) is 3.33. The molecular formula is C20H21FN2O. The average Bonchev–Trinajstić information content (AvgIpc) is 2.52. The Morgan fingerprint density at radius 1 is 1.17 bits per heavy atom. The second kappa shape index (κ2) is 7.74. The molecule has 0 unspecified atom stereocenters. The first-order valence-corrected chi connectivity index (χ1v) is 7.85. The van der Waals surface area contributed by atoms with E-state index in [0.717, 1.165) is 6.42 Å². The molecule has 0 saturated heterocycles. The Labute approximate surface area is 142 Å². The van der Waals surface area contributed by atoms with Crippen LogP contribution in [0.3, 0.4) is 0 Å². The van der Waals surface area contributed by atoms with Crippen molar-refractivity contribution in [1.29, 1.82) is 0 Å². The van der Waals surface area contributed by atoms with Gasteiger partial charge in [-0.25, -0.2) is 9.37 Å². The van der Waals surface area contributed by atoms with Crippen molar-refractivity contribution in [3.05, 3.63) is 65.2 Å². The number of nitrogens with zero attached hydrogens (tertiary/aromatic N) is 1. The molecule has 124 valence electrons. The van der Waals surface area contributed by atoms with Crippen molar-refractivity contribution in [3.63, 3.8) is 0 Å². The van der Waals surface area contributed by atoms with Gasteiger partial charge >= 0.3 is 0 Å². The minimum atomic E-state index is -0.317. The van der Waals surface area contributed by atoms with Crippen molar-refractivity contribution in [2.24, 2.45) is 5.41 Å². The molecule has 0 atom stereocenters. The summed E-state index contributed by atoms with van der Waals surface area (Å²) in [6, 6.07) is 9.47. The second-order valence-electron chi connectivity index (χ2n) is 6.76. The minimum absolute atomic E-state index is 0.178. The van der Waals surface area contributed by atoms with Crippen LogP contribution in [0.15, 0.2) is 42.6 Å². The van der Waals surface area contributed by atoms with E-state index in [1.165, 1.54) is 12.1 Å². The van der Waals surface area contributed by atoms with E-state index in [0.29, 0.717) is 23.4 Å². The molecule has 3 nitrogen and oxygen atoms in total. The van der Waals surface area contributed by atoms with Gasteiger partial charge in [-0.05, 0) is 42.2 Å². The molecule has 1 heterocycles. The molecule has 0 radical (unpaired) electrons. The van der Waals surface area contributed by atoms with Crippen LogP contribution >= 0.6 is 0 Å². The maximum absolute atomic E-state index is 13.1. The second-order valence-corrected chi connectivity index (χ2v) is 6.76. The van der Waals surface area contributed by atoms with Crippen molar-refractivity contribution in [2.45, 2.75) is 27.2 Å². The molecule has 1 aromatic heterocycles. The number of nitrogens with one attached hydrogen (secondary N) is 1. The molecule has 2 rings (SSSR count). The molecular weight excluding hydrogens is 303 g/mol. The van der Waals surface area contributed by atoms with Crippen molar-refractivity contribution >= 4 is 5.91 Å². The number of pyridine rings is 1. The SMILES string of the molecule is CC(C)(C)CCNC(=O)c1ccc(C#Cc2cccc(F)c2)cn1. The van der Waals surface area contributed by atoms with Crippen molar-refractivity contribution < 1.29 is 9.18 Å². The van der Waals surface area contributed by atoms with Crippen molar-refractivity contribution in [2.75, 3.05) is 6.54 Å². The summed E-state index contributed by atoms with van der Waals surface area (Å²) in [6.07, 6.45) is 2.45. The van der Waals surface area contributed by atoms with Gasteiger partial charge in [0.05, 0.1) is 0 Å². The van der Waals surface area contributed by atoms with Crippen LogP contribution in [0.2, 0.25) is 0 Å². The molecule has 1 amide bonds. The number of benzene rings is 1. The van der Waals surface area contributed by atoms with Gasteiger partial charge in [0, 0.05) is 23.9 Å². The molecule has 0 aliphatic rings. The van der Waals surface area contributed by atoms with E-state index in [1.54, 1.807) is 30.5 Å². The Balaban J connectivity index is 1.97. The van der Waals surface area contributed by atoms with Gasteiger partial charge in [-0.3, -0.25) is 4.79 Å². The Morgan fingerprint density at radius 2 is 1.92 bits per heavy atom. The summed E-state index contributed by atoms with van der Waals surface area (Å²) in [5.41, 5.74) is 1.81. The molecule has 1 aromatic carbocycles. The number of halogens is 1. The third kappa shape index (κ3) is 5.85. The molecule has 0 aliphatic carbocycles. The first-order chi connectivity index (χ1) is 11.3. The van der Waals surface area contributed by atoms with Crippen LogP contribution in [-0.4, -0.2) is 17.4 Å².